The van der Waals surface area contributed by atoms with E-state index in [1.165, 1.54) is 43.3 Å². The maximum Gasteiger partial charge on any atom is 0.264 e. The predicted octanol–water partition coefficient (Wildman–Crippen LogP) is 3.15. The molecule has 2 heterocycles. The lowest BCUT2D eigenvalue weighted by Gasteiger charge is -2.13. The fraction of sp³-hybridized carbons (Fsp3) is 0.235. The van der Waals surface area contributed by atoms with E-state index >= 15 is 0 Å². The number of halogens is 2. The standard InChI is InChI=1S/C17H17Cl2N5O4S2/c1-24-7-6-20-16(24)11(25)9-29-13-8-21-15(17(22-13)28-2)23-30(26,27)12-5-3-4-10(18)14(12)19/h3-8,11,25H,9H2,1-2H3,(H,21,23). The van der Waals surface area contributed by atoms with E-state index in [1.807, 2.05) is 0 Å². The topological polar surface area (TPSA) is 119 Å². The lowest BCUT2D eigenvalue weighted by molar-refractivity contribution is 0.190. The highest BCUT2D eigenvalue weighted by molar-refractivity contribution is 7.99. The van der Waals surface area contributed by atoms with E-state index in [4.69, 9.17) is 27.9 Å². The number of ether oxygens (including phenoxy) is 1. The normalized spacial score (nSPS) is 12.6. The van der Waals surface area contributed by atoms with Crippen molar-refractivity contribution in [1.29, 1.82) is 0 Å². The fourth-order valence-corrected chi connectivity index (χ4v) is 4.97. The average molecular weight is 490 g/mol. The van der Waals surface area contributed by atoms with Crippen molar-refractivity contribution in [2.45, 2.75) is 16.0 Å². The number of sulfonamides is 1. The quantitative estimate of drug-likeness (QED) is 0.463. The van der Waals surface area contributed by atoms with Crippen molar-refractivity contribution < 1.29 is 18.3 Å². The second-order valence-corrected chi connectivity index (χ2v) is 9.42. The number of aryl methyl sites for hydroxylation is 1. The largest absolute Gasteiger partial charge is 0.478 e. The zero-order valence-electron chi connectivity index (χ0n) is 15.8. The molecule has 3 aromatic rings. The summed E-state index contributed by atoms with van der Waals surface area (Å²) in [6, 6.07) is 4.27. The highest BCUT2D eigenvalue weighted by Crippen LogP contribution is 2.32. The number of aromatic nitrogens is 4. The molecule has 1 aromatic carbocycles. The number of rotatable bonds is 8. The van der Waals surface area contributed by atoms with Crippen LogP contribution in [-0.2, 0) is 17.1 Å². The van der Waals surface area contributed by atoms with Crippen molar-refractivity contribution in [3.05, 3.63) is 52.7 Å². The molecule has 2 aromatic heterocycles. The van der Waals surface area contributed by atoms with Crippen LogP contribution >= 0.6 is 35.0 Å². The van der Waals surface area contributed by atoms with Crippen LogP contribution in [0.5, 0.6) is 5.88 Å². The molecule has 0 radical (unpaired) electrons. The highest BCUT2D eigenvalue weighted by atomic mass is 35.5. The second kappa shape index (κ2) is 9.40. The van der Waals surface area contributed by atoms with Crippen LogP contribution in [0.25, 0.3) is 0 Å². The molecule has 0 fully saturated rings. The van der Waals surface area contributed by atoms with Gasteiger partial charge in [0.1, 0.15) is 21.8 Å². The molecule has 30 heavy (non-hydrogen) atoms. The Labute approximate surface area is 187 Å². The Morgan fingerprint density at radius 2 is 2.10 bits per heavy atom. The minimum absolute atomic E-state index is 0.0341. The van der Waals surface area contributed by atoms with Gasteiger partial charge < -0.3 is 14.4 Å². The van der Waals surface area contributed by atoms with Crippen molar-refractivity contribution >= 4 is 50.8 Å². The number of thioether (sulfide) groups is 1. The van der Waals surface area contributed by atoms with Gasteiger partial charge in [0.05, 0.1) is 23.4 Å². The molecule has 1 atom stereocenters. The molecule has 0 aliphatic carbocycles. The Kier molecular flexibility index (Phi) is 7.09. The number of nitrogens with zero attached hydrogens (tertiary/aromatic N) is 4. The summed E-state index contributed by atoms with van der Waals surface area (Å²) in [7, 11) is -0.956. The van der Waals surface area contributed by atoms with Gasteiger partial charge in [0.15, 0.2) is 0 Å². The maximum atomic E-state index is 12.7. The summed E-state index contributed by atoms with van der Waals surface area (Å²) in [5, 5.41) is 10.7. The molecule has 0 aliphatic heterocycles. The van der Waals surface area contributed by atoms with Crippen LogP contribution in [0.3, 0.4) is 0 Å². The number of hydrogen-bond acceptors (Lipinski definition) is 8. The molecule has 0 saturated heterocycles. The van der Waals surface area contributed by atoms with Gasteiger partial charge in [-0.05, 0) is 12.1 Å². The molecule has 0 bridgehead atoms. The second-order valence-electron chi connectivity index (χ2n) is 5.95. The first-order chi connectivity index (χ1) is 14.2. The third-order valence-electron chi connectivity index (χ3n) is 3.89. The summed E-state index contributed by atoms with van der Waals surface area (Å²) >= 11 is 13.1. The van der Waals surface area contributed by atoms with E-state index in [0.29, 0.717) is 10.9 Å². The van der Waals surface area contributed by atoms with Gasteiger partial charge in [0.25, 0.3) is 15.9 Å². The zero-order chi connectivity index (χ0) is 21.9. The molecule has 13 heteroatoms. The molecule has 0 spiro atoms. The first-order valence-corrected chi connectivity index (χ1v) is 11.6. The number of methoxy groups -OCH3 is 1. The Morgan fingerprint density at radius 3 is 2.77 bits per heavy atom. The van der Waals surface area contributed by atoms with Gasteiger partial charge in [-0.15, -0.1) is 11.8 Å². The number of hydrogen-bond donors (Lipinski definition) is 2. The average Bonchev–Trinajstić information content (AvgIpc) is 3.14. The van der Waals surface area contributed by atoms with E-state index in [9.17, 15) is 13.5 Å². The molecule has 0 amide bonds. The van der Waals surface area contributed by atoms with Crippen LogP contribution in [0.2, 0.25) is 10.0 Å². The lowest BCUT2D eigenvalue weighted by Crippen LogP contribution is -2.16. The molecule has 0 aliphatic rings. The molecule has 0 saturated carbocycles. The van der Waals surface area contributed by atoms with Gasteiger partial charge >= 0.3 is 0 Å². The van der Waals surface area contributed by atoms with Crippen molar-refractivity contribution in [3.63, 3.8) is 0 Å². The number of anilines is 1. The van der Waals surface area contributed by atoms with E-state index in [-0.39, 0.29) is 32.4 Å². The molecular weight excluding hydrogens is 473 g/mol. The third-order valence-corrected chi connectivity index (χ3v) is 7.18. The predicted molar refractivity (Wildman–Crippen MR) is 115 cm³/mol. The Bertz CT molecular complexity index is 1160. The Balaban J connectivity index is 1.77. The summed E-state index contributed by atoms with van der Waals surface area (Å²) in [6.45, 7) is 0. The number of benzene rings is 1. The molecular formula is C17H17Cl2N5O4S2. The van der Waals surface area contributed by atoms with Crippen LogP contribution in [-0.4, -0.2) is 45.9 Å². The molecule has 9 nitrogen and oxygen atoms in total. The van der Waals surface area contributed by atoms with E-state index < -0.39 is 16.1 Å². The monoisotopic (exact) mass is 489 g/mol. The van der Waals surface area contributed by atoms with E-state index in [1.54, 1.807) is 24.0 Å². The van der Waals surface area contributed by atoms with Crippen molar-refractivity contribution in [3.8, 4) is 5.88 Å². The summed E-state index contributed by atoms with van der Waals surface area (Å²) in [4.78, 5) is 12.2. The third kappa shape index (κ3) is 4.98. The van der Waals surface area contributed by atoms with Crippen molar-refractivity contribution in [2.24, 2.45) is 7.05 Å². The first kappa shape index (κ1) is 22.6. The van der Waals surface area contributed by atoms with Crippen LogP contribution in [0, 0.1) is 0 Å². The molecule has 1 unspecified atom stereocenters. The number of imidazole rings is 1. The van der Waals surface area contributed by atoms with Gasteiger partial charge in [-0.1, -0.05) is 29.3 Å². The zero-order valence-corrected chi connectivity index (χ0v) is 18.9. The van der Waals surface area contributed by atoms with Crippen molar-refractivity contribution in [1.82, 2.24) is 19.5 Å². The van der Waals surface area contributed by atoms with Gasteiger partial charge in [-0.25, -0.2) is 23.4 Å². The van der Waals surface area contributed by atoms with Gasteiger partial charge in [-0.2, -0.15) is 0 Å². The van der Waals surface area contributed by atoms with Gasteiger partial charge in [0, 0.05) is 25.2 Å². The maximum absolute atomic E-state index is 12.7. The SMILES string of the molecule is COc1nc(SCC(O)c2nccn2C)cnc1NS(=O)(=O)c1cccc(Cl)c1Cl. The van der Waals surface area contributed by atoms with Crippen LogP contribution in [0.1, 0.15) is 11.9 Å². The van der Waals surface area contributed by atoms with Crippen molar-refractivity contribution in [2.75, 3.05) is 17.6 Å². The van der Waals surface area contributed by atoms with E-state index in [0.717, 1.165) is 0 Å². The van der Waals surface area contributed by atoms with Gasteiger partial charge in [0.2, 0.25) is 5.82 Å². The molecule has 2 N–H and O–H groups in total. The number of nitrogens with one attached hydrogen (secondary N) is 1. The lowest BCUT2D eigenvalue weighted by atomic mass is 10.4. The van der Waals surface area contributed by atoms with Crippen LogP contribution in [0.15, 0.2) is 46.7 Å². The summed E-state index contributed by atoms with van der Waals surface area (Å²) in [5.41, 5.74) is 0. The summed E-state index contributed by atoms with van der Waals surface area (Å²) < 4.78 is 34.6. The number of aliphatic hydroxyl groups excluding tert-OH is 1. The highest BCUT2D eigenvalue weighted by Gasteiger charge is 2.23. The van der Waals surface area contributed by atoms with Crippen LogP contribution < -0.4 is 9.46 Å². The smallest absolute Gasteiger partial charge is 0.264 e. The molecule has 3 rings (SSSR count). The molecule has 160 valence electrons. The minimum Gasteiger partial charge on any atom is -0.478 e. The summed E-state index contributed by atoms with van der Waals surface area (Å²) in [5.74, 6) is 0.646. The Morgan fingerprint density at radius 1 is 1.33 bits per heavy atom. The number of aliphatic hydroxyl groups is 1. The van der Waals surface area contributed by atoms with Gasteiger partial charge in [-0.3, -0.25) is 4.72 Å². The first-order valence-electron chi connectivity index (χ1n) is 8.39. The minimum atomic E-state index is -4.08. The van der Waals surface area contributed by atoms with Crippen LogP contribution in [0.4, 0.5) is 5.82 Å². The Hall–Kier alpha value is -2.05. The fourth-order valence-electron chi connectivity index (χ4n) is 2.45. The van der Waals surface area contributed by atoms with E-state index in [2.05, 4.69) is 19.7 Å². The summed E-state index contributed by atoms with van der Waals surface area (Å²) in [6.07, 6.45) is 3.89.